The molecule has 0 radical (unpaired) electrons. The molecule has 1 aromatic rings. The Morgan fingerprint density at radius 3 is 2.50 bits per heavy atom. The van der Waals surface area contributed by atoms with E-state index in [1.165, 1.54) is 12.1 Å². The zero-order valence-corrected chi connectivity index (χ0v) is 13.8. The summed E-state index contributed by atoms with van der Waals surface area (Å²) in [6, 6.07) is 5.96. The number of carbonyl (C=O) groups excluding carboxylic acids is 2. The molecule has 5 nitrogen and oxygen atoms in total. The number of hydrogen-bond acceptors (Lipinski definition) is 3. The van der Waals surface area contributed by atoms with Gasteiger partial charge in [-0.25, -0.2) is 4.39 Å². The van der Waals surface area contributed by atoms with E-state index in [4.69, 9.17) is 0 Å². The molecule has 6 heteroatoms. The van der Waals surface area contributed by atoms with E-state index in [2.05, 4.69) is 5.32 Å². The fourth-order valence-corrected chi connectivity index (χ4v) is 3.43. The van der Waals surface area contributed by atoms with E-state index in [1.807, 2.05) is 4.90 Å². The molecule has 3 rings (SSSR count). The van der Waals surface area contributed by atoms with E-state index in [-0.39, 0.29) is 23.4 Å². The third-order valence-corrected chi connectivity index (χ3v) is 4.81. The Balaban J connectivity index is 1.61. The molecule has 1 N–H and O–H groups in total. The zero-order chi connectivity index (χ0) is 16.9. The summed E-state index contributed by atoms with van der Waals surface area (Å²) in [7, 11) is 0. The summed E-state index contributed by atoms with van der Waals surface area (Å²) in [4.78, 5) is 28.6. The number of nitrogens with one attached hydrogen (secondary N) is 1. The van der Waals surface area contributed by atoms with Crippen molar-refractivity contribution in [3.8, 4) is 0 Å². The molecular weight excluding hydrogens is 309 g/mol. The van der Waals surface area contributed by atoms with Crippen molar-refractivity contribution >= 4 is 11.8 Å². The Hall–Kier alpha value is -1.95. The van der Waals surface area contributed by atoms with Crippen LogP contribution < -0.4 is 5.32 Å². The normalized spacial score (nSPS) is 22.1. The van der Waals surface area contributed by atoms with Crippen LogP contribution in [0.2, 0.25) is 0 Å². The first kappa shape index (κ1) is 16.9. The highest BCUT2D eigenvalue weighted by Gasteiger charge is 2.28. The maximum absolute atomic E-state index is 13.8. The molecule has 0 spiro atoms. The van der Waals surface area contributed by atoms with Crippen LogP contribution in [0.25, 0.3) is 0 Å². The van der Waals surface area contributed by atoms with Gasteiger partial charge in [0, 0.05) is 26.2 Å². The minimum absolute atomic E-state index is 0.0902. The molecule has 130 valence electrons. The summed E-state index contributed by atoms with van der Waals surface area (Å²) in [5.41, 5.74) is 0.103. The number of rotatable bonds is 2. The third-order valence-electron chi connectivity index (χ3n) is 4.81. The number of piperidine rings is 1. The van der Waals surface area contributed by atoms with Gasteiger partial charge in [0.2, 0.25) is 5.91 Å². The van der Waals surface area contributed by atoms with Crippen LogP contribution in [0.4, 0.5) is 4.39 Å². The fourth-order valence-electron chi connectivity index (χ4n) is 3.43. The van der Waals surface area contributed by atoms with Gasteiger partial charge < -0.3 is 15.1 Å². The topological polar surface area (TPSA) is 52.7 Å². The van der Waals surface area contributed by atoms with E-state index in [9.17, 15) is 14.0 Å². The molecule has 0 saturated carbocycles. The lowest BCUT2D eigenvalue weighted by Crippen LogP contribution is -2.49. The number of benzene rings is 1. The van der Waals surface area contributed by atoms with Gasteiger partial charge in [0.1, 0.15) is 5.82 Å². The lowest BCUT2D eigenvalue weighted by molar-refractivity contribution is -0.133. The molecule has 2 aliphatic rings. The molecule has 2 fully saturated rings. The highest BCUT2D eigenvalue weighted by molar-refractivity contribution is 5.94. The number of halogens is 1. The predicted molar refractivity (Wildman–Crippen MR) is 89.1 cm³/mol. The van der Waals surface area contributed by atoms with Gasteiger partial charge in [0.25, 0.3) is 5.91 Å². The van der Waals surface area contributed by atoms with Crippen LogP contribution in [0.5, 0.6) is 0 Å². The van der Waals surface area contributed by atoms with Crippen LogP contribution >= 0.6 is 0 Å². The standard InChI is InChI=1S/C18H24FN3O2/c19-15-7-2-1-6-14(15)17(23)21-10-5-11-22(13-12-21)18(24)16-8-3-4-9-20-16/h1-2,6-7,16,20H,3-5,8-13H2. The molecule has 1 aromatic carbocycles. The molecule has 0 aromatic heterocycles. The van der Waals surface area contributed by atoms with Gasteiger partial charge in [-0.1, -0.05) is 18.6 Å². The molecule has 2 amide bonds. The molecule has 0 aliphatic carbocycles. The molecule has 1 atom stereocenters. The number of carbonyl (C=O) groups is 2. The maximum Gasteiger partial charge on any atom is 0.256 e. The van der Waals surface area contributed by atoms with Crippen molar-refractivity contribution in [2.24, 2.45) is 0 Å². The maximum atomic E-state index is 13.8. The summed E-state index contributed by atoms with van der Waals surface area (Å²) >= 11 is 0. The first-order valence-electron chi connectivity index (χ1n) is 8.73. The second-order valence-electron chi connectivity index (χ2n) is 6.45. The quantitative estimate of drug-likeness (QED) is 0.895. The van der Waals surface area contributed by atoms with E-state index >= 15 is 0 Å². The SMILES string of the molecule is O=C(c1ccccc1F)N1CCCN(C(=O)C2CCCCN2)CC1. The van der Waals surface area contributed by atoms with Crippen molar-refractivity contribution in [2.45, 2.75) is 31.7 Å². The van der Waals surface area contributed by atoms with Gasteiger partial charge in [-0.3, -0.25) is 9.59 Å². The second-order valence-corrected chi connectivity index (χ2v) is 6.45. The number of amides is 2. The fraction of sp³-hybridized carbons (Fsp3) is 0.556. The Morgan fingerprint density at radius 2 is 1.75 bits per heavy atom. The number of nitrogens with zero attached hydrogens (tertiary/aromatic N) is 2. The first-order chi connectivity index (χ1) is 11.7. The molecule has 24 heavy (non-hydrogen) atoms. The third kappa shape index (κ3) is 3.75. The van der Waals surface area contributed by atoms with E-state index < -0.39 is 5.82 Å². The zero-order valence-electron chi connectivity index (χ0n) is 13.8. The largest absolute Gasteiger partial charge is 0.340 e. The van der Waals surface area contributed by atoms with Crippen molar-refractivity contribution in [3.05, 3.63) is 35.6 Å². The highest BCUT2D eigenvalue weighted by Crippen LogP contribution is 2.15. The average Bonchev–Trinajstić information content (AvgIpc) is 2.88. The monoisotopic (exact) mass is 333 g/mol. The first-order valence-corrected chi connectivity index (χ1v) is 8.73. The van der Waals surface area contributed by atoms with Crippen molar-refractivity contribution < 1.29 is 14.0 Å². The minimum Gasteiger partial charge on any atom is -0.340 e. The van der Waals surface area contributed by atoms with Gasteiger partial charge in [-0.05, 0) is 37.9 Å². The summed E-state index contributed by atoms with van der Waals surface area (Å²) in [6.45, 7) is 3.05. The van der Waals surface area contributed by atoms with E-state index in [0.717, 1.165) is 32.2 Å². The Morgan fingerprint density at radius 1 is 1.00 bits per heavy atom. The van der Waals surface area contributed by atoms with Crippen molar-refractivity contribution in [1.29, 1.82) is 0 Å². The van der Waals surface area contributed by atoms with E-state index in [1.54, 1.807) is 17.0 Å². The van der Waals surface area contributed by atoms with Crippen LogP contribution in [0.1, 0.15) is 36.0 Å². The second kappa shape index (κ2) is 7.75. The predicted octanol–water partition coefficient (Wildman–Crippen LogP) is 1.64. The Bertz CT molecular complexity index is 602. The van der Waals surface area contributed by atoms with Crippen LogP contribution in [0.15, 0.2) is 24.3 Å². The van der Waals surface area contributed by atoms with Gasteiger partial charge in [-0.15, -0.1) is 0 Å². The van der Waals surface area contributed by atoms with Crippen molar-refractivity contribution in [3.63, 3.8) is 0 Å². The molecule has 2 saturated heterocycles. The van der Waals surface area contributed by atoms with Crippen LogP contribution in [0.3, 0.4) is 0 Å². The molecule has 2 aliphatic heterocycles. The lowest BCUT2D eigenvalue weighted by atomic mass is 10.0. The number of hydrogen-bond donors (Lipinski definition) is 1. The minimum atomic E-state index is -0.494. The smallest absolute Gasteiger partial charge is 0.256 e. The average molecular weight is 333 g/mol. The summed E-state index contributed by atoms with van der Waals surface area (Å²) in [5, 5.41) is 3.28. The van der Waals surface area contributed by atoms with Crippen molar-refractivity contribution in [2.75, 3.05) is 32.7 Å². The summed E-state index contributed by atoms with van der Waals surface area (Å²) in [6.07, 6.45) is 3.80. The van der Waals surface area contributed by atoms with Crippen LogP contribution in [-0.2, 0) is 4.79 Å². The van der Waals surface area contributed by atoms with Gasteiger partial charge in [-0.2, -0.15) is 0 Å². The van der Waals surface area contributed by atoms with Gasteiger partial charge in [0.15, 0.2) is 0 Å². The molecule has 1 unspecified atom stereocenters. The van der Waals surface area contributed by atoms with E-state index in [0.29, 0.717) is 26.2 Å². The van der Waals surface area contributed by atoms with Gasteiger partial charge in [0.05, 0.1) is 11.6 Å². The Kier molecular flexibility index (Phi) is 5.45. The van der Waals surface area contributed by atoms with Crippen molar-refractivity contribution in [1.82, 2.24) is 15.1 Å². The molecule has 2 heterocycles. The van der Waals surface area contributed by atoms with Crippen LogP contribution in [0, 0.1) is 5.82 Å². The lowest BCUT2D eigenvalue weighted by Gasteiger charge is -2.29. The van der Waals surface area contributed by atoms with Gasteiger partial charge >= 0.3 is 0 Å². The summed E-state index contributed by atoms with van der Waals surface area (Å²) < 4.78 is 13.8. The highest BCUT2D eigenvalue weighted by atomic mass is 19.1. The molecule has 0 bridgehead atoms. The molecular formula is C18H24FN3O2. The Labute approximate surface area is 141 Å². The van der Waals surface area contributed by atoms with Crippen LogP contribution in [-0.4, -0.2) is 60.4 Å². The summed E-state index contributed by atoms with van der Waals surface area (Å²) in [5.74, 6) is -0.654.